The number of benzene rings is 1. The zero-order valence-corrected chi connectivity index (χ0v) is 28.3. The van der Waals surface area contributed by atoms with E-state index >= 15 is 0 Å². The highest BCUT2D eigenvalue weighted by molar-refractivity contribution is 5.95. The Labute approximate surface area is 264 Å². The van der Waals surface area contributed by atoms with Crippen molar-refractivity contribution < 1.29 is 24.0 Å². The molecule has 4 amide bonds. The Morgan fingerprint density at radius 2 is 1.20 bits per heavy atom. The van der Waals surface area contributed by atoms with Gasteiger partial charge in [-0.15, -0.1) is 0 Å². The first-order chi connectivity index (χ1) is 20.5. The molecule has 0 radical (unpaired) electrons. The highest BCUT2D eigenvalue weighted by Gasteiger charge is 2.35. The second kappa shape index (κ2) is 19.2. The molecule has 0 aliphatic rings. The van der Waals surface area contributed by atoms with Crippen LogP contribution in [0, 0.1) is 23.7 Å². The highest BCUT2D eigenvalue weighted by atomic mass is 16.2. The van der Waals surface area contributed by atoms with E-state index in [1.54, 1.807) is 7.05 Å². The van der Waals surface area contributed by atoms with Gasteiger partial charge in [0.2, 0.25) is 23.6 Å². The van der Waals surface area contributed by atoms with Crippen molar-refractivity contribution in [3.05, 3.63) is 35.9 Å². The zero-order valence-electron chi connectivity index (χ0n) is 28.3. The summed E-state index contributed by atoms with van der Waals surface area (Å²) in [5.74, 6) is -1.31. The fourth-order valence-electron chi connectivity index (χ4n) is 5.13. The molecule has 0 unspecified atom stereocenters. The molecule has 0 spiro atoms. The van der Waals surface area contributed by atoms with Crippen LogP contribution in [0.15, 0.2) is 30.3 Å². The molecule has 10 nitrogen and oxygen atoms in total. The second-order valence-corrected chi connectivity index (χ2v) is 13.7. The van der Waals surface area contributed by atoms with Gasteiger partial charge in [-0.25, -0.2) is 0 Å². The van der Waals surface area contributed by atoms with Crippen molar-refractivity contribution in [2.75, 3.05) is 7.05 Å². The predicted octanol–water partition coefficient (Wildman–Crippen LogP) is 3.22. The lowest BCUT2D eigenvalue weighted by atomic mass is 9.97. The van der Waals surface area contributed by atoms with Crippen LogP contribution < -0.4 is 21.7 Å². The van der Waals surface area contributed by atoms with Crippen LogP contribution in [0.3, 0.4) is 0 Å². The van der Waals surface area contributed by atoms with Crippen LogP contribution in [0.1, 0.15) is 86.6 Å². The molecule has 0 aromatic heterocycles. The molecular weight excluding hydrogens is 558 g/mol. The Morgan fingerprint density at radius 3 is 1.70 bits per heavy atom. The fraction of sp³-hybridized carbons (Fsp3) is 0.676. The lowest BCUT2D eigenvalue weighted by Gasteiger charge is -2.34. The van der Waals surface area contributed by atoms with Crippen molar-refractivity contribution in [3.63, 3.8) is 0 Å². The molecule has 5 atom stereocenters. The molecule has 1 aromatic rings. The van der Waals surface area contributed by atoms with Crippen LogP contribution in [-0.2, 0) is 30.4 Å². The number of carbonyl (C=O) groups excluding carboxylic acids is 5. The molecule has 44 heavy (non-hydrogen) atoms. The summed E-state index contributed by atoms with van der Waals surface area (Å²) >= 11 is 0. The van der Waals surface area contributed by atoms with Crippen molar-refractivity contribution >= 4 is 29.9 Å². The number of nitrogens with zero attached hydrogens (tertiary/aromatic N) is 1. The van der Waals surface area contributed by atoms with Gasteiger partial charge in [0.25, 0.3) is 0 Å². The first kappa shape index (κ1) is 38.8. The van der Waals surface area contributed by atoms with Crippen LogP contribution in [0.25, 0.3) is 0 Å². The highest BCUT2D eigenvalue weighted by Crippen LogP contribution is 2.17. The van der Waals surface area contributed by atoms with E-state index in [-0.39, 0.29) is 23.7 Å². The van der Waals surface area contributed by atoms with Gasteiger partial charge in [-0.05, 0) is 61.3 Å². The average Bonchev–Trinajstić information content (AvgIpc) is 2.93. The summed E-state index contributed by atoms with van der Waals surface area (Å²) in [5.41, 5.74) is 7.12. The fourth-order valence-corrected chi connectivity index (χ4v) is 5.13. The van der Waals surface area contributed by atoms with Gasteiger partial charge < -0.3 is 31.4 Å². The first-order valence-electron chi connectivity index (χ1n) is 16.0. The summed E-state index contributed by atoms with van der Waals surface area (Å²) in [7, 11) is 1.56. The number of aldehydes is 1. The maximum Gasteiger partial charge on any atom is 0.245 e. The Kier molecular flexibility index (Phi) is 16.9. The molecule has 0 aliphatic heterocycles. The first-order valence-corrected chi connectivity index (χ1v) is 16.0. The quantitative estimate of drug-likeness (QED) is 0.176. The van der Waals surface area contributed by atoms with Crippen molar-refractivity contribution in [2.45, 2.75) is 118 Å². The van der Waals surface area contributed by atoms with E-state index in [1.807, 2.05) is 85.7 Å². The Bertz CT molecular complexity index is 1060. The zero-order chi connectivity index (χ0) is 33.6. The number of likely N-dealkylation sites (N-methyl/N-ethyl adjacent to an activating group) is 1. The van der Waals surface area contributed by atoms with Crippen molar-refractivity contribution in [1.29, 1.82) is 0 Å². The number of amides is 4. The standard InChI is InChI=1S/C34H57N5O5/c1-21(2)15-26(20-40)36-32(42)28(16-22(3)4)37-33(43)30(18-24(7)8)39(9)34(44)29(17-23(5)6)38-31(41)27(35)19-25-13-11-10-12-14-25/h10-14,20-24,26-30H,15-19,35H2,1-9H3,(H,36,42)(H,37,43)(H,38,41)/t26-,27+,28+,29+,30-/m0/s1. The van der Waals surface area contributed by atoms with E-state index in [9.17, 15) is 24.0 Å². The minimum absolute atomic E-state index is 0.0568. The SMILES string of the molecule is CC(C)C[C@@H](C=O)NC(=O)[C@@H](CC(C)C)NC(=O)[C@H](CC(C)C)N(C)C(=O)[C@@H](CC(C)C)NC(=O)[C@H](N)Cc1ccccc1. The lowest BCUT2D eigenvalue weighted by molar-refractivity contribution is -0.143. The van der Waals surface area contributed by atoms with E-state index < -0.39 is 53.8 Å². The molecule has 0 saturated heterocycles. The Morgan fingerprint density at radius 1 is 0.705 bits per heavy atom. The third-order valence-electron chi connectivity index (χ3n) is 7.33. The van der Waals surface area contributed by atoms with Gasteiger partial charge in [-0.3, -0.25) is 19.2 Å². The van der Waals surface area contributed by atoms with E-state index in [2.05, 4.69) is 16.0 Å². The molecule has 0 bridgehead atoms. The average molecular weight is 616 g/mol. The number of rotatable bonds is 19. The maximum absolute atomic E-state index is 13.9. The minimum atomic E-state index is -0.882. The van der Waals surface area contributed by atoms with Crippen LogP contribution in [0.5, 0.6) is 0 Å². The number of nitrogens with one attached hydrogen (secondary N) is 3. The second-order valence-electron chi connectivity index (χ2n) is 13.7. The largest absolute Gasteiger partial charge is 0.345 e. The van der Waals surface area contributed by atoms with E-state index in [4.69, 9.17) is 5.73 Å². The van der Waals surface area contributed by atoms with E-state index in [0.29, 0.717) is 32.1 Å². The smallest absolute Gasteiger partial charge is 0.245 e. The molecule has 1 rings (SSSR count). The minimum Gasteiger partial charge on any atom is -0.345 e. The van der Waals surface area contributed by atoms with Crippen molar-refractivity contribution in [3.8, 4) is 0 Å². The van der Waals surface area contributed by atoms with Gasteiger partial charge in [0.05, 0.1) is 12.1 Å². The summed E-state index contributed by atoms with van der Waals surface area (Å²) in [6, 6.07) is 5.29. The van der Waals surface area contributed by atoms with Crippen molar-refractivity contribution in [2.24, 2.45) is 29.4 Å². The molecule has 0 heterocycles. The maximum atomic E-state index is 13.9. The summed E-state index contributed by atoms with van der Waals surface area (Å²) in [4.78, 5) is 67.0. The van der Waals surface area contributed by atoms with Gasteiger partial charge in [0, 0.05) is 7.05 Å². The number of hydrogen-bond donors (Lipinski definition) is 4. The summed E-state index contributed by atoms with van der Waals surface area (Å²) in [5, 5.41) is 8.48. The van der Waals surface area contributed by atoms with Crippen molar-refractivity contribution in [1.82, 2.24) is 20.9 Å². The number of nitrogens with two attached hydrogens (primary N) is 1. The van der Waals surface area contributed by atoms with Gasteiger partial charge in [0.15, 0.2) is 0 Å². The van der Waals surface area contributed by atoms with Gasteiger partial charge in [0.1, 0.15) is 24.4 Å². The molecule has 0 fully saturated rings. The van der Waals surface area contributed by atoms with Gasteiger partial charge in [-0.1, -0.05) is 85.7 Å². The van der Waals surface area contributed by atoms with Crippen LogP contribution >= 0.6 is 0 Å². The Balaban J connectivity index is 3.17. The topological polar surface area (TPSA) is 151 Å². The molecule has 0 saturated carbocycles. The summed E-state index contributed by atoms with van der Waals surface area (Å²) in [6.45, 7) is 15.6. The molecule has 0 aliphatic carbocycles. The van der Waals surface area contributed by atoms with Crippen LogP contribution in [-0.4, -0.2) is 72.1 Å². The predicted molar refractivity (Wildman–Crippen MR) is 174 cm³/mol. The molecule has 1 aromatic carbocycles. The summed E-state index contributed by atoms with van der Waals surface area (Å²) < 4.78 is 0. The summed E-state index contributed by atoms with van der Waals surface area (Å²) in [6.07, 6.45) is 2.61. The number of hydrogen-bond acceptors (Lipinski definition) is 6. The molecule has 5 N–H and O–H groups in total. The van der Waals surface area contributed by atoms with Gasteiger partial charge in [-0.2, -0.15) is 0 Å². The molecule has 248 valence electrons. The lowest BCUT2D eigenvalue weighted by Crippen LogP contribution is -2.59. The van der Waals surface area contributed by atoms with Crippen LogP contribution in [0.2, 0.25) is 0 Å². The molecule has 10 heteroatoms. The third-order valence-corrected chi connectivity index (χ3v) is 7.33. The molecular formula is C34H57N5O5. The van der Waals surface area contributed by atoms with Gasteiger partial charge >= 0.3 is 0 Å². The normalized spacial score (nSPS) is 15.0. The monoisotopic (exact) mass is 615 g/mol. The third kappa shape index (κ3) is 14.0. The number of carbonyl (C=O) groups is 5. The van der Waals surface area contributed by atoms with E-state index in [1.165, 1.54) is 4.90 Å². The Hall–Kier alpha value is -3.27. The van der Waals surface area contributed by atoms with E-state index in [0.717, 1.165) is 11.8 Å². The van der Waals surface area contributed by atoms with Crippen LogP contribution in [0.4, 0.5) is 0 Å².